The molecule has 3 N–H and O–H groups in total. The molecule has 1 aliphatic rings. The highest BCUT2D eigenvalue weighted by molar-refractivity contribution is 6.33. The van der Waals surface area contributed by atoms with Crippen molar-refractivity contribution >= 4 is 17.3 Å². The minimum Gasteiger partial charge on any atom is -0.481 e. The minimum atomic E-state index is -4.76. The van der Waals surface area contributed by atoms with Crippen LogP contribution in [-0.4, -0.2) is 32.0 Å². The normalized spacial score (nSPS) is 16.0. The Labute approximate surface area is 214 Å². The van der Waals surface area contributed by atoms with Gasteiger partial charge in [0, 0.05) is 23.4 Å². The van der Waals surface area contributed by atoms with Gasteiger partial charge in [-0.2, -0.15) is 13.2 Å². The molecule has 37 heavy (non-hydrogen) atoms. The molecule has 0 radical (unpaired) electrons. The van der Waals surface area contributed by atoms with Crippen LogP contribution in [-0.2, 0) is 5.60 Å². The van der Waals surface area contributed by atoms with Crippen molar-refractivity contribution in [3.05, 3.63) is 64.6 Å². The van der Waals surface area contributed by atoms with E-state index in [4.69, 9.17) is 16.3 Å². The highest BCUT2D eigenvalue weighted by Crippen LogP contribution is 2.42. The van der Waals surface area contributed by atoms with Gasteiger partial charge in [-0.3, -0.25) is 0 Å². The third kappa shape index (κ3) is 5.83. The smallest absolute Gasteiger partial charge is 0.425 e. The lowest BCUT2D eigenvalue weighted by Crippen LogP contribution is -2.31. The number of aromatic nitrogens is 2. The fourth-order valence-electron chi connectivity index (χ4n) is 3.80. The van der Waals surface area contributed by atoms with Crippen LogP contribution in [0.3, 0.4) is 0 Å². The van der Waals surface area contributed by atoms with Gasteiger partial charge >= 0.3 is 6.18 Å². The fourth-order valence-corrected chi connectivity index (χ4v) is 4.01. The van der Waals surface area contributed by atoms with Crippen molar-refractivity contribution in [1.29, 1.82) is 0 Å². The largest absolute Gasteiger partial charge is 0.481 e. The van der Waals surface area contributed by atoms with E-state index in [-0.39, 0.29) is 33.8 Å². The van der Waals surface area contributed by atoms with Crippen molar-refractivity contribution in [3.8, 4) is 17.0 Å². The number of imidazole rings is 1. The first-order valence-corrected chi connectivity index (χ1v) is 11.8. The van der Waals surface area contributed by atoms with Gasteiger partial charge in [-0.05, 0) is 57.9 Å². The minimum absolute atomic E-state index is 0.0668. The highest BCUT2D eigenvalue weighted by Gasteiger charge is 2.39. The predicted molar refractivity (Wildman–Crippen MR) is 127 cm³/mol. The van der Waals surface area contributed by atoms with E-state index < -0.39 is 47.1 Å². The molecule has 0 aliphatic heterocycles. The van der Waals surface area contributed by atoms with Crippen LogP contribution in [0.4, 0.5) is 27.6 Å². The van der Waals surface area contributed by atoms with Gasteiger partial charge in [0.25, 0.3) is 0 Å². The van der Waals surface area contributed by atoms with Crippen LogP contribution in [0.15, 0.2) is 36.5 Å². The lowest BCUT2D eigenvalue weighted by atomic mass is 10.1. The molecule has 1 aliphatic carbocycles. The van der Waals surface area contributed by atoms with Crippen LogP contribution >= 0.6 is 11.6 Å². The summed E-state index contributed by atoms with van der Waals surface area (Å²) >= 11 is 5.97. The van der Waals surface area contributed by atoms with Gasteiger partial charge in [0.1, 0.15) is 28.8 Å². The van der Waals surface area contributed by atoms with Crippen molar-refractivity contribution in [2.75, 3.05) is 5.32 Å². The Morgan fingerprint density at radius 2 is 1.84 bits per heavy atom. The summed E-state index contributed by atoms with van der Waals surface area (Å²) in [5.41, 5.74) is -2.23. The summed E-state index contributed by atoms with van der Waals surface area (Å²) < 4.78 is 76.4. The molecule has 0 spiro atoms. The number of anilines is 1. The summed E-state index contributed by atoms with van der Waals surface area (Å²) in [4.78, 5) is 4.36. The second-order valence-corrected chi connectivity index (χ2v) is 9.87. The van der Waals surface area contributed by atoms with Crippen molar-refractivity contribution in [1.82, 2.24) is 9.55 Å². The summed E-state index contributed by atoms with van der Waals surface area (Å²) in [6.45, 7) is 3.80. The van der Waals surface area contributed by atoms with Crippen LogP contribution < -0.4 is 10.1 Å². The van der Waals surface area contributed by atoms with Gasteiger partial charge < -0.3 is 24.8 Å². The Kier molecular flexibility index (Phi) is 7.17. The maximum absolute atomic E-state index is 15.4. The molecule has 2 atom stereocenters. The van der Waals surface area contributed by atoms with E-state index in [0.29, 0.717) is 0 Å². The number of nitrogens with one attached hydrogen (secondary N) is 1. The molecule has 0 saturated heterocycles. The Hall–Kier alpha value is -2.89. The average molecular weight is 546 g/mol. The average Bonchev–Trinajstić information content (AvgIpc) is 3.53. The van der Waals surface area contributed by atoms with Gasteiger partial charge in [-0.1, -0.05) is 17.7 Å². The number of hydrogen-bond acceptors (Lipinski definition) is 5. The van der Waals surface area contributed by atoms with Gasteiger partial charge in [0.2, 0.25) is 0 Å². The number of aliphatic hydroxyl groups is 2. The van der Waals surface area contributed by atoms with Gasteiger partial charge in [-0.25, -0.2) is 13.8 Å². The third-order valence-electron chi connectivity index (χ3n) is 5.90. The molecule has 1 saturated carbocycles. The monoisotopic (exact) mass is 545 g/mol. The number of hydrogen-bond donors (Lipinski definition) is 3. The molecule has 4 rings (SSSR count). The zero-order valence-electron chi connectivity index (χ0n) is 20.1. The van der Waals surface area contributed by atoms with Crippen LogP contribution in [0.25, 0.3) is 11.3 Å². The summed E-state index contributed by atoms with van der Waals surface area (Å²) in [5.74, 6) is -1.99. The number of rotatable bonds is 8. The maximum Gasteiger partial charge on any atom is 0.425 e. The van der Waals surface area contributed by atoms with Crippen LogP contribution in [0.1, 0.15) is 57.3 Å². The highest BCUT2D eigenvalue weighted by atomic mass is 35.5. The fraction of sp³-hybridized carbons (Fsp3) is 0.400. The van der Waals surface area contributed by atoms with Gasteiger partial charge in [0.15, 0.2) is 12.3 Å². The topological polar surface area (TPSA) is 79.5 Å². The number of nitrogens with zero attached hydrogens (tertiary/aromatic N) is 2. The molecule has 0 amide bonds. The molecule has 1 fully saturated rings. The summed E-state index contributed by atoms with van der Waals surface area (Å²) in [7, 11) is 0. The molecule has 12 heteroatoms. The number of alkyl halides is 3. The predicted octanol–water partition coefficient (Wildman–Crippen LogP) is 6.48. The lowest BCUT2D eigenvalue weighted by Gasteiger charge is -2.23. The molecule has 1 unspecified atom stereocenters. The van der Waals surface area contributed by atoms with Crippen molar-refractivity contribution in [2.45, 2.75) is 63.8 Å². The van der Waals surface area contributed by atoms with E-state index in [0.717, 1.165) is 38.0 Å². The molecule has 1 heterocycles. The van der Waals surface area contributed by atoms with E-state index in [1.54, 1.807) is 4.57 Å². The van der Waals surface area contributed by atoms with E-state index in [2.05, 4.69) is 10.3 Å². The zero-order chi connectivity index (χ0) is 27.3. The molecule has 1 aromatic heterocycles. The van der Waals surface area contributed by atoms with Crippen LogP contribution in [0, 0.1) is 11.6 Å². The molecule has 6 nitrogen and oxygen atoms in total. The van der Waals surface area contributed by atoms with E-state index in [1.165, 1.54) is 32.2 Å². The Morgan fingerprint density at radius 1 is 1.16 bits per heavy atom. The lowest BCUT2D eigenvalue weighted by molar-refractivity contribution is -0.189. The Morgan fingerprint density at radius 3 is 2.41 bits per heavy atom. The zero-order valence-corrected chi connectivity index (χ0v) is 20.8. The van der Waals surface area contributed by atoms with Crippen molar-refractivity contribution in [3.63, 3.8) is 0 Å². The number of halogens is 6. The van der Waals surface area contributed by atoms with E-state index >= 15 is 4.39 Å². The first-order valence-electron chi connectivity index (χ1n) is 11.4. The number of para-hydroxylation sites is 1. The maximum atomic E-state index is 15.4. The van der Waals surface area contributed by atoms with Crippen LogP contribution in [0.5, 0.6) is 5.75 Å². The molecule has 0 bridgehead atoms. The first-order chi connectivity index (χ1) is 17.2. The second kappa shape index (κ2) is 9.77. The molecule has 3 aromatic rings. The van der Waals surface area contributed by atoms with Crippen LogP contribution in [0.2, 0.25) is 5.02 Å². The SMILES string of the molecule is C[C@H](Oc1cc(-c2cn(C3CC3)c(C(C)(C)O)n2)c(F)cc1C(O)Nc1c(F)cccc1Cl)C(F)(F)F. The first kappa shape index (κ1) is 27.2. The Bertz CT molecular complexity index is 1280. The molecular formula is C25H25ClF5N3O3. The molecular weight excluding hydrogens is 521 g/mol. The number of ether oxygens (including phenoxy) is 1. The quantitative estimate of drug-likeness (QED) is 0.223. The second-order valence-electron chi connectivity index (χ2n) is 9.46. The van der Waals surface area contributed by atoms with Gasteiger partial charge in [0.05, 0.1) is 16.4 Å². The van der Waals surface area contributed by atoms with E-state index in [9.17, 15) is 27.8 Å². The van der Waals surface area contributed by atoms with Crippen molar-refractivity contribution < 1.29 is 36.9 Å². The number of benzene rings is 2. The number of aliphatic hydroxyl groups excluding tert-OH is 1. The summed E-state index contributed by atoms with van der Waals surface area (Å²) in [5, 5.41) is 23.5. The Balaban J connectivity index is 1.80. The molecule has 2 aromatic carbocycles. The van der Waals surface area contributed by atoms with Gasteiger partial charge in [-0.15, -0.1) is 0 Å². The molecule has 200 valence electrons. The standard InChI is InChI=1S/C25H25ClF5N3O3/c1-12(25(29,30)31)37-20-10-14(19-11-34(13-7-8-13)23(32-19)24(2,3)36)18(28)9-15(20)22(35)33-21-16(26)5-4-6-17(21)27/h4-6,9-13,22,33,35-36H,7-8H2,1-3H3/t12-,22?/m0/s1. The third-order valence-corrected chi connectivity index (χ3v) is 6.21. The van der Waals surface area contributed by atoms with Crippen molar-refractivity contribution in [2.24, 2.45) is 0 Å². The summed E-state index contributed by atoms with van der Waals surface area (Å²) in [6.07, 6.45) is -5.76. The summed E-state index contributed by atoms with van der Waals surface area (Å²) in [6, 6.07) is 5.58. The van der Waals surface area contributed by atoms with E-state index in [1.807, 2.05) is 0 Å².